The topological polar surface area (TPSA) is 43.1 Å². The molecule has 2 aromatic rings. The molecule has 2 aromatic carbocycles. The number of hydrogen-bond donors (Lipinski definition) is 1. The number of halogens is 2. The van der Waals surface area contributed by atoms with E-state index in [0.717, 1.165) is 11.6 Å². The fourth-order valence-corrected chi connectivity index (χ4v) is 1.91. The van der Waals surface area contributed by atoms with Crippen LogP contribution >= 0.6 is 11.6 Å². The number of nitrogens with two attached hydrogens (primary N) is 1. The monoisotopic (exact) mass is 263 g/mol. The zero-order chi connectivity index (χ0) is 13.1. The number of carbonyl (C=O) groups excluding carboxylic acids is 1. The minimum atomic E-state index is -0.473. The Morgan fingerprint density at radius 1 is 1.22 bits per heavy atom. The summed E-state index contributed by atoms with van der Waals surface area (Å²) in [5, 5.41) is 0.563. The molecule has 0 aliphatic rings. The average Bonchev–Trinajstić information content (AvgIpc) is 2.32. The lowest BCUT2D eigenvalue weighted by atomic mass is 10.0. The summed E-state index contributed by atoms with van der Waals surface area (Å²) in [5.74, 6) is -0.701. The van der Waals surface area contributed by atoms with Crippen LogP contribution in [0.15, 0.2) is 42.5 Å². The van der Waals surface area contributed by atoms with Crippen molar-refractivity contribution < 1.29 is 9.18 Å². The maximum atomic E-state index is 13.1. The van der Waals surface area contributed by atoms with Gasteiger partial charge in [-0.2, -0.15) is 0 Å². The smallest absolute Gasteiger partial charge is 0.169 e. The molecule has 0 unspecified atom stereocenters. The summed E-state index contributed by atoms with van der Waals surface area (Å²) in [7, 11) is 0. The molecule has 92 valence electrons. The maximum Gasteiger partial charge on any atom is 0.169 e. The SMILES string of the molecule is Nc1ccc(F)cc1C(=O)Cc1cccc(Cl)c1. The molecule has 0 fully saturated rings. The van der Waals surface area contributed by atoms with Crippen molar-refractivity contribution in [2.75, 3.05) is 5.73 Å². The Labute approximate surface area is 109 Å². The predicted molar refractivity (Wildman–Crippen MR) is 70.3 cm³/mol. The molecule has 0 aromatic heterocycles. The third kappa shape index (κ3) is 2.87. The molecule has 0 saturated carbocycles. The zero-order valence-electron chi connectivity index (χ0n) is 9.49. The second-order valence-electron chi connectivity index (χ2n) is 3.96. The van der Waals surface area contributed by atoms with Gasteiger partial charge in [-0.1, -0.05) is 23.7 Å². The average molecular weight is 264 g/mol. The van der Waals surface area contributed by atoms with E-state index in [1.54, 1.807) is 24.3 Å². The van der Waals surface area contributed by atoms with Crippen LogP contribution in [0.25, 0.3) is 0 Å². The second-order valence-corrected chi connectivity index (χ2v) is 4.40. The number of carbonyl (C=O) groups is 1. The lowest BCUT2D eigenvalue weighted by molar-refractivity contribution is 0.0993. The van der Waals surface area contributed by atoms with E-state index in [4.69, 9.17) is 17.3 Å². The van der Waals surface area contributed by atoms with Crippen molar-refractivity contribution in [2.45, 2.75) is 6.42 Å². The molecule has 0 aliphatic carbocycles. The van der Waals surface area contributed by atoms with Crippen LogP contribution in [0.5, 0.6) is 0 Å². The number of ketones is 1. The van der Waals surface area contributed by atoms with E-state index in [2.05, 4.69) is 0 Å². The van der Waals surface area contributed by atoms with E-state index >= 15 is 0 Å². The van der Waals surface area contributed by atoms with Crippen LogP contribution in [0.4, 0.5) is 10.1 Å². The van der Waals surface area contributed by atoms with Crippen LogP contribution in [0.2, 0.25) is 5.02 Å². The van der Waals surface area contributed by atoms with Gasteiger partial charge in [0.05, 0.1) is 0 Å². The fourth-order valence-electron chi connectivity index (χ4n) is 1.70. The molecule has 2 nitrogen and oxygen atoms in total. The summed E-state index contributed by atoms with van der Waals surface area (Å²) in [6, 6.07) is 10.8. The van der Waals surface area contributed by atoms with E-state index in [-0.39, 0.29) is 23.5 Å². The van der Waals surface area contributed by atoms with Gasteiger partial charge in [0.15, 0.2) is 5.78 Å². The summed E-state index contributed by atoms with van der Waals surface area (Å²) in [6.45, 7) is 0. The molecule has 0 bridgehead atoms. The first kappa shape index (κ1) is 12.6. The van der Waals surface area contributed by atoms with Gasteiger partial charge < -0.3 is 5.73 Å². The lowest BCUT2D eigenvalue weighted by Gasteiger charge is -2.05. The standard InChI is InChI=1S/C14H11ClFNO/c15-10-3-1-2-9(6-10)7-14(18)12-8-11(16)4-5-13(12)17/h1-6,8H,7,17H2. The van der Waals surface area contributed by atoms with Crippen LogP contribution in [-0.4, -0.2) is 5.78 Å². The number of hydrogen-bond acceptors (Lipinski definition) is 2. The van der Waals surface area contributed by atoms with Crippen molar-refractivity contribution in [1.82, 2.24) is 0 Å². The number of Topliss-reactive ketones (excluding diaryl/α,β-unsaturated/α-hetero) is 1. The molecule has 0 amide bonds. The third-order valence-electron chi connectivity index (χ3n) is 2.57. The van der Waals surface area contributed by atoms with Gasteiger partial charge in [-0.3, -0.25) is 4.79 Å². The Kier molecular flexibility index (Phi) is 3.63. The summed E-state index contributed by atoms with van der Waals surface area (Å²) in [5.41, 5.74) is 6.92. The fraction of sp³-hybridized carbons (Fsp3) is 0.0714. The zero-order valence-corrected chi connectivity index (χ0v) is 10.2. The first-order valence-electron chi connectivity index (χ1n) is 5.39. The summed E-state index contributed by atoms with van der Waals surface area (Å²) >= 11 is 5.83. The highest BCUT2D eigenvalue weighted by atomic mass is 35.5. The largest absolute Gasteiger partial charge is 0.398 e. The van der Waals surface area contributed by atoms with Crippen molar-refractivity contribution in [3.63, 3.8) is 0 Å². The van der Waals surface area contributed by atoms with Crippen LogP contribution < -0.4 is 5.73 Å². The normalized spacial score (nSPS) is 10.3. The van der Waals surface area contributed by atoms with Crippen molar-refractivity contribution in [3.8, 4) is 0 Å². The molecule has 18 heavy (non-hydrogen) atoms. The van der Waals surface area contributed by atoms with Gasteiger partial charge >= 0.3 is 0 Å². The Bertz CT molecular complexity index is 598. The highest BCUT2D eigenvalue weighted by molar-refractivity contribution is 6.30. The lowest BCUT2D eigenvalue weighted by Crippen LogP contribution is -2.07. The molecule has 0 aliphatic heterocycles. The Morgan fingerprint density at radius 3 is 2.72 bits per heavy atom. The summed E-state index contributed by atoms with van der Waals surface area (Å²) in [4.78, 5) is 12.0. The van der Waals surface area contributed by atoms with Crippen molar-refractivity contribution in [1.29, 1.82) is 0 Å². The number of anilines is 1. The van der Waals surface area contributed by atoms with Gasteiger partial charge in [-0.25, -0.2) is 4.39 Å². The first-order chi connectivity index (χ1) is 8.56. The van der Waals surface area contributed by atoms with Crippen LogP contribution in [0.1, 0.15) is 15.9 Å². The minimum absolute atomic E-state index is 0.147. The van der Waals surface area contributed by atoms with Crippen molar-refractivity contribution in [3.05, 3.63) is 64.4 Å². The molecular weight excluding hydrogens is 253 g/mol. The third-order valence-corrected chi connectivity index (χ3v) is 2.80. The molecule has 0 heterocycles. The molecule has 0 saturated heterocycles. The predicted octanol–water partition coefficient (Wildman–Crippen LogP) is 3.49. The van der Waals surface area contributed by atoms with Gasteiger partial charge in [0, 0.05) is 22.7 Å². The van der Waals surface area contributed by atoms with E-state index in [0.29, 0.717) is 5.02 Å². The van der Waals surface area contributed by atoms with E-state index in [9.17, 15) is 9.18 Å². The highest BCUT2D eigenvalue weighted by Gasteiger charge is 2.11. The Morgan fingerprint density at radius 2 is 2.00 bits per heavy atom. The molecule has 4 heteroatoms. The van der Waals surface area contributed by atoms with E-state index < -0.39 is 5.82 Å². The molecule has 0 atom stereocenters. The summed E-state index contributed by atoms with van der Waals surface area (Å²) < 4.78 is 13.1. The van der Waals surface area contributed by atoms with Gasteiger partial charge in [0.25, 0.3) is 0 Å². The number of nitrogen functional groups attached to an aromatic ring is 1. The van der Waals surface area contributed by atoms with Crippen LogP contribution in [0.3, 0.4) is 0 Å². The minimum Gasteiger partial charge on any atom is -0.398 e. The second kappa shape index (κ2) is 5.19. The van der Waals surface area contributed by atoms with Gasteiger partial charge in [-0.05, 0) is 35.9 Å². The van der Waals surface area contributed by atoms with Gasteiger partial charge in [0.2, 0.25) is 0 Å². The molecule has 2 rings (SSSR count). The molecular formula is C14H11ClFNO. The van der Waals surface area contributed by atoms with E-state index in [1.165, 1.54) is 12.1 Å². The van der Waals surface area contributed by atoms with Crippen LogP contribution in [-0.2, 0) is 6.42 Å². The quantitative estimate of drug-likeness (QED) is 0.680. The Hall–Kier alpha value is -1.87. The van der Waals surface area contributed by atoms with Crippen molar-refractivity contribution in [2.24, 2.45) is 0 Å². The highest BCUT2D eigenvalue weighted by Crippen LogP contribution is 2.18. The molecule has 2 N–H and O–H groups in total. The number of benzene rings is 2. The molecule has 0 spiro atoms. The van der Waals surface area contributed by atoms with Gasteiger partial charge in [-0.15, -0.1) is 0 Å². The first-order valence-corrected chi connectivity index (χ1v) is 5.77. The molecule has 0 radical (unpaired) electrons. The van der Waals surface area contributed by atoms with Gasteiger partial charge in [0.1, 0.15) is 5.82 Å². The summed E-state index contributed by atoms with van der Waals surface area (Å²) in [6.07, 6.45) is 0.147. The van der Waals surface area contributed by atoms with E-state index in [1.807, 2.05) is 0 Å². The number of rotatable bonds is 3. The van der Waals surface area contributed by atoms with Crippen molar-refractivity contribution >= 4 is 23.1 Å². The van der Waals surface area contributed by atoms with Crippen LogP contribution in [0, 0.1) is 5.82 Å². The maximum absolute atomic E-state index is 13.1. The Balaban J connectivity index is 2.24.